The van der Waals surface area contributed by atoms with Gasteiger partial charge in [-0.25, -0.2) is 4.79 Å². The van der Waals surface area contributed by atoms with Crippen LogP contribution in [0, 0.1) is 0 Å². The second kappa shape index (κ2) is 5.06. The van der Waals surface area contributed by atoms with Gasteiger partial charge in [0.25, 0.3) is 0 Å². The van der Waals surface area contributed by atoms with Crippen molar-refractivity contribution in [3.63, 3.8) is 0 Å². The lowest BCUT2D eigenvalue weighted by Crippen LogP contribution is -2.03. The summed E-state index contributed by atoms with van der Waals surface area (Å²) >= 11 is 5.87. The van der Waals surface area contributed by atoms with Crippen LogP contribution in [0.2, 0.25) is 5.02 Å². The highest BCUT2D eigenvalue weighted by Gasteiger charge is 2.10. The first-order chi connectivity index (χ1) is 8.16. The second-order valence-electron chi connectivity index (χ2n) is 3.74. The van der Waals surface area contributed by atoms with Crippen LogP contribution in [0.25, 0.3) is 0 Å². The molecule has 0 unspecified atom stereocenters. The summed E-state index contributed by atoms with van der Waals surface area (Å²) in [5, 5.41) is 9.61. The zero-order chi connectivity index (χ0) is 12.3. The molecule has 1 heterocycles. The van der Waals surface area contributed by atoms with E-state index in [0.29, 0.717) is 17.0 Å². The summed E-state index contributed by atoms with van der Waals surface area (Å²) < 4.78 is 4.96. The minimum absolute atomic E-state index is 0.304. The lowest BCUT2D eigenvalue weighted by Gasteiger charge is -2.05. The average Bonchev–Trinajstić information content (AvgIpc) is 2.78. The molecule has 0 bridgehead atoms. The first-order valence-electron chi connectivity index (χ1n) is 5.19. The third kappa shape index (κ3) is 2.88. The van der Waals surface area contributed by atoms with Crippen LogP contribution in [0.15, 0.2) is 41.2 Å². The number of halogens is 1. The summed E-state index contributed by atoms with van der Waals surface area (Å²) in [5.41, 5.74) is 2.09. The van der Waals surface area contributed by atoms with E-state index in [1.165, 1.54) is 6.07 Å². The molecule has 1 N–H and O–H groups in total. The Morgan fingerprint density at radius 3 is 2.76 bits per heavy atom. The van der Waals surface area contributed by atoms with Crippen molar-refractivity contribution < 1.29 is 14.3 Å². The van der Waals surface area contributed by atoms with Gasteiger partial charge in [-0.1, -0.05) is 11.6 Å². The van der Waals surface area contributed by atoms with Gasteiger partial charge in [0.15, 0.2) is 0 Å². The fraction of sp³-hybridized carbons (Fsp3) is 0.154. The first kappa shape index (κ1) is 11.7. The third-order valence-electron chi connectivity index (χ3n) is 2.56. The van der Waals surface area contributed by atoms with Gasteiger partial charge >= 0.3 is 5.97 Å². The number of benzene rings is 1. The van der Waals surface area contributed by atoms with E-state index in [1.807, 2.05) is 6.07 Å². The van der Waals surface area contributed by atoms with E-state index in [-0.39, 0.29) is 0 Å². The predicted molar refractivity (Wildman–Crippen MR) is 64.5 cm³/mol. The molecule has 0 amide bonds. The van der Waals surface area contributed by atoms with E-state index in [2.05, 4.69) is 0 Å². The molecule has 0 radical (unpaired) electrons. The van der Waals surface area contributed by atoms with Crippen LogP contribution in [0.1, 0.15) is 21.5 Å². The summed E-state index contributed by atoms with van der Waals surface area (Å²) in [4.78, 5) is 11.0. The van der Waals surface area contributed by atoms with Crippen molar-refractivity contribution in [2.24, 2.45) is 0 Å². The van der Waals surface area contributed by atoms with Crippen molar-refractivity contribution in [3.05, 3.63) is 58.5 Å². The van der Waals surface area contributed by atoms with Crippen molar-refractivity contribution in [3.8, 4) is 0 Å². The van der Waals surface area contributed by atoms with E-state index in [4.69, 9.17) is 21.1 Å². The third-order valence-corrected chi connectivity index (χ3v) is 2.80. The van der Waals surface area contributed by atoms with Gasteiger partial charge < -0.3 is 9.52 Å². The molecule has 1 aromatic heterocycles. The number of carbonyl (C=O) groups is 1. The van der Waals surface area contributed by atoms with E-state index >= 15 is 0 Å². The molecule has 4 heteroatoms. The lowest BCUT2D eigenvalue weighted by atomic mass is 10.0. The number of aromatic carboxylic acids is 1. The topological polar surface area (TPSA) is 50.4 Å². The van der Waals surface area contributed by atoms with E-state index in [9.17, 15) is 4.79 Å². The summed E-state index contributed by atoms with van der Waals surface area (Å²) in [6, 6.07) is 6.69. The molecule has 1 aromatic carbocycles. The van der Waals surface area contributed by atoms with Crippen LogP contribution in [0.3, 0.4) is 0 Å². The minimum Gasteiger partial charge on any atom is -0.478 e. The quantitative estimate of drug-likeness (QED) is 0.905. The Morgan fingerprint density at radius 2 is 2.12 bits per heavy atom. The van der Waals surface area contributed by atoms with Crippen LogP contribution >= 0.6 is 11.6 Å². The Morgan fingerprint density at radius 1 is 1.29 bits per heavy atom. The zero-order valence-electron chi connectivity index (χ0n) is 9.02. The number of aryl methyl sites for hydroxylation is 2. The fourth-order valence-corrected chi connectivity index (χ4v) is 1.89. The van der Waals surface area contributed by atoms with Gasteiger partial charge in [-0.2, -0.15) is 0 Å². The zero-order valence-corrected chi connectivity index (χ0v) is 9.78. The summed E-state index contributed by atoms with van der Waals surface area (Å²) in [6.45, 7) is 0. The minimum atomic E-state index is -0.927. The molecule has 17 heavy (non-hydrogen) atoms. The molecule has 2 aromatic rings. The van der Waals surface area contributed by atoms with Crippen molar-refractivity contribution >= 4 is 17.6 Å². The molecule has 0 fully saturated rings. The average molecular weight is 251 g/mol. The largest absolute Gasteiger partial charge is 0.478 e. The van der Waals surface area contributed by atoms with Gasteiger partial charge in [0, 0.05) is 5.02 Å². The lowest BCUT2D eigenvalue weighted by molar-refractivity contribution is 0.0695. The van der Waals surface area contributed by atoms with Gasteiger partial charge in [-0.3, -0.25) is 0 Å². The Balaban J connectivity index is 2.19. The van der Waals surface area contributed by atoms with Crippen LogP contribution < -0.4 is 0 Å². The summed E-state index contributed by atoms with van der Waals surface area (Å²) in [5.74, 6) is -0.927. The predicted octanol–water partition coefficient (Wildman–Crippen LogP) is 3.42. The molecule has 0 aliphatic carbocycles. The molecule has 0 saturated carbocycles. The maximum Gasteiger partial charge on any atom is 0.335 e. The molecule has 88 valence electrons. The number of furan rings is 1. The smallest absolute Gasteiger partial charge is 0.335 e. The van der Waals surface area contributed by atoms with Crippen molar-refractivity contribution in [2.45, 2.75) is 12.8 Å². The van der Waals surface area contributed by atoms with Gasteiger partial charge in [0.2, 0.25) is 0 Å². The fourth-order valence-electron chi connectivity index (χ4n) is 1.69. The standard InChI is InChI=1S/C13H11ClO3/c14-11-3-4-12(13(15)16)10(7-11)2-1-9-5-6-17-8-9/h3-8H,1-2H2,(H,15,16). The van der Waals surface area contributed by atoms with Crippen molar-refractivity contribution in [2.75, 3.05) is 0 Å². The number of carboxylic acid groups (broad SMARTS) is 1. The number of rotatable bonds is 4. The van der Waals surface area contributed by atoms with Gasteiger partial charge in [0.05, 0.1) is 18.1 Å². The Bertz CT molecular complexity index is 517. The number of carboxylic acids is 1. The molecule has 0 atom stereocenters. The molecule has 2 rings (SSSR count). The SMILES string of the molecule is O=C(O)c1ccc(Cl)cc1CCc1ccoc1. The van der Waals surface area contributed by atoms with Crippen molar-refractivity contribution in [1.82, 2.24) is 0 Å². The Hall–Kier alpha value is -1.74. The highest BCUT2D eigenvalue weighted by molar-refractivity contribution is 6.30. The maximum atomic E-state index is 11.0. The van der Waals surface area contributed by atoms with Crippen LogP contribution in [0.4, 0.5) is 0 Å². The highest BCUT2D eigenvalue weighted by Crippen LogP contribution is 2.18. The molecule has 0 saturated heterocycles. The molecule has 3 nitrogen and oxygen atoms in total. The van der Waals surface area contributed by atoms with Crippen LogP contribution in [-0.4, -0.2) is 11.1 Å². The molecular formula is C13H11ClO3. The monoisotopic (exact) mass is 250 g/mol. The van der Waals surface area contributed by atoms with Gasteiger partial charge in [-0.05, 0) is 48.2 Å². The van der Waals surface area contributed by atoms with E-state index < -0.39 is 5.97 Å². The number of hydrogen-bond acceptors (Lipinski definition) is 2. The molecular weight excluding hydrogens is 240 g/mol. The van der Waals surface area contributed by atoms with Gasteiger partial charge in [0.1, 0.15) is 0 Å². The second-order valence-corrected chi connectivity index (χ2v) is 4.17. The molecule has 0 aliphatic heterocycles. The highest BCUT2D eigenvalue weighted by atomic mass is 35.5. The molecule has 0 spiro atoms. The first-order valence-corrected chi connectivity index (χ1v) is 5.57. The van der Waals surface area contributed by atoms with Crippen molar-refractivity contribution in [1.29, 1.82) is 0 Å². The Labute approximate surface area is 104 Å². The van der Waals surface area contributed by atoms with E-state index in [0.717, 1.165) is 17.5 Å². The summed E-state index contributed by atoms with van der Waals surface area (Å²) in [6.07, 6.45) is 4.62. The van der Waals surface area contributed by atoms with Crippen LogP contribution in [0.5, 0.6) is 0 Å². The summed E-state index contributed by atoms with van der Waals surface area (Å²) in [7, 11) is 0. The van der Waals surface area contributed by atoms with E-state index in [1.54, 1.807) is 24.7 Å². The van der Waals surface area contributed by atoms with Gasteiger partial charge in [-0.15, -0.1) is 0 Å². The molecule has 0 aliphatic rings. The van der Waals surface area contributed by atoms with Crippen LogP contribution in [-0.2, 0) is 12.8 Å². The Kier molecular flexibility index (Phi) is 3.49. The maximum absolute atomic E-state index is 11.0. The number of hydrogen-bond donors (Lipinski definition) is 1. The normalized spacial score (nSPS) is 10.4.